The summed E-state index contributed by atoms with van der Waals surface area (Å²) < 4.78 is 67.7. The molecule has 3 aromatic carbocycles. The summed E-state index contributed by atoms with van der Waals surface area (Å²) in [6, 6.07) is 16.9. The highest BCUT2D eigenvalue weighted by molar-refractivity contribution is 5.81. The van der Waals surface area contributed by atoms with E-state index in [1.165, 1.54) is 6.07 Å². The molecule has 5 nitrogen and oxygen atoms in total. The third-order valence-corrected chi connectivity index (χ3v) is 4.58. The molecule has 33 heavy (non-hydrogen) atoms. The lowest BCUT2D eigenvalue weighted by atomic mass is 10.1. The number of aromatic hydroxyl groups is 1. The van der Waals surface area contributed by atoms with Gasteiger partial charge in [-0.2, -0.15) is 5.10 Å². The summed E-state index contributed by atoms with van der Waals surface area (Å²) in [5.41, 5.74) is 2.92. The molecular weight excluding hydrogens is 443 g/mol. The SMILES string of the molecule is Oc1ccccc1-c1cc(-c2ccccc2)nc(N/N=C/c2c(F)c(F)c(F)c(F)c2F)n1. The molecule has 0 atom stereocenters. The van der Waals surface area contributed by atoms with Gasteiger partial charge in [-0.25, -0.2) is 37.3 Å². The van der Waals surface area contributed by atoms with Gasteiger partial charge in [0, 0.05) is 11.1 Å². The molecule has 10 heteroatoms. The molecule has 4 rings (SSSR count). The van der Waals surface area contributed by atoms with Crippen molar-refractivity contribution in [2.45, 2.75) is 0 Å². The quantitative estimate of drug-likeness (QED) is 0.134. The summed E-state index contributed by atoms with van der Waals surface area (Å²) in [4.78, 5) is 8.49. The van der Waals surface area contributed by atoms with E-state index in [9.17, 15) is 27.1 Å². The molecule has 1 heterocycles. The Hall–Kier alpha value is -4.34. The number of para-hydroxylation sites is 1. The first-order chi connectivity index (χ1) is 15.9. The van der Waals surface area contributed by atoms with Crippen LogP contribution >= 0.6 is 0 Å². The number of halogens is 5. The number of hydrogen-bond donors (Lipinski definition) is 2. The Kier molecular flexibility index (Phi) is 5.99. The fourth-order valence-electron chi connectivity index (χ4n) is 2.97. The summed E-state index contributed by atoms with van der Waals surface area (Å²) in [5, 5.41) is 13.7. The molecule has 0 unspecified atom stereocenters. The number of rotatable bonds is 5. The molecule has 0 fully saturated rings. The Labute approximate surface area is 183 Å². The molecule has 0 radical (unpaired) electrons. The van der Waals surface area contributed by atoms with Crippen LogP contribution < -0.4 is 5.43 Å². The van der Waals surface area contributed by atoms with E-state index in [0.29, 0.717) is 28.7 Å². The number of anilines is 1. The largest absolute Gasteiger partial charge is 0.507 e. The predicted octanol–water partition coefficient (Wildman–Crippen LogP) is 5.66. The summed E-state index contributed by atoms with van der Waals surface area (Å²) in [6.45, 7) is 0. The van der Waals surface area contributed by atoms with Gasteiger partial charge in [0.2, 0.25) is 11.8 Å². The van der Waals surface area contributed by atoms with E-state index < -0.39 is 34.6 Å². The van der Waals surface area contributed by atoms with Crippen LogP contribution in [0.5, 0.6) is 5.75 Å². The van der Waals surface area contributed by atoms with Crippen LogP contribution in [0.4, 0.5) is 27.9 Å². The van der Waals surface area contributed by atoms with Gasteiger partial charge in [0.05, 0.1) is 23.2 Å². The molecule has 0 spiro atoms. The molecule has 0 bridgehead atoms. The van der Waals surface area contributed by atoms with Gasteiger partial charge >= 0.3 is 0 Å². The van der Waals surface area contributed by atoms with Crippen molar-refractivity contribution in [1.29, 1.82) is 0 Å². The predicted molar refractivity (Wildman–Crippen MR) is 112 cm³/mol. The first kappa shape index (κ1) is 21.9. The van der Waals surface area contributed by atoms with Crippen LogP contribution in [0, 0.1) is 29.1 Å². The maximum atomic E-state index is 13.8. The second-order valence-electron chi connectivity index (χ2n) is 6.70. The van der Waals surface area contributed by atoms with E-state index in [2.05, 4.69) is 20.5 Å². The smallest absolute Gasteiger partial charge is 0.244 e. The van der Waals surface area contributed by atoms with Gasteiger partial charge in [0.25, 0.3) is 0 Å². The van der Waals surface area contributed by atoms with Crippen LogP contribution in [-0.2, 0) is 0 Å². The first-order valence-electron chi connectivity index (χ1n) is 9.40. The summed E-state index contributed by atoms with van der Waals surface area (Å²) in [5.74, 6) is -10.7. The van der Waals surface area contributed by atoms with Gasteiger partial charge < -0.3 is 5.11 Å². The minimum absolute atomic E-state index is 0.0499. The van der Waals surface area contributed by atoms with Gasteiger partial charge in [0.1, 0.15) is 5.75 Å². The number of phenols is 1. The van der Waals surface area contributed by atoms with Crippen LogP contribution in [0.15, 0.2) is 65.8 Å². The molecule has 0 saturated heterocycles. The molecule has 0 saturated carbocycles. The van der Waals surface area contributed by atoms with Crippen molar-refractivity contribution in [2.24, 2.45) is 5.10 Å². The van der Waals surface area contributed by atoms with Gasteiger partial charge in [-0.05, 0) is 18.2 Å². The highest BCUT2D eigenvalue weighted by Crippen LogP contribution is 2.30. The Morgan fingerprint density at radius 1 is 0.727 bits per heavy atom. The lowest BCUT2D eigenvalue weighted by Gasteiger charge is -2.09. The van der Waals surface area contributed by atoms with Crippen molar-refractivity contribution in [1.82, 2.24) is 9.97 Å². The van der Waals surface area contributed by atoms with Crippen LogP contribution in [0.2, 0.25) is 0 Å². The van der Waals surface area contributed by atoms with Crippen LogP contribution in [0.3, 0.4) is 0 Å². The molecule has 0 amide bonds. The van der Waals surface area contributed by atoms with E-state index in [-0.39, 0.29) is 11.7 Å². The number of hydrogen-bond acceptors (Lipinski definition) is 5. The van der Waals surface area contributed by atoms with Gasteiger partial charge in [0.15, 0.2) is 23.3 Å². The molecule has 0 aliphatic carbocycles. The fraction of sp³-hybridized carbons (Fsp3) is 0. The van der Waals surface area contributed by atoms with E-state index in [0.717, 1.165) is 0 Å². The Bertz CT molecular complexity index is 1330. The fourth-order valence-corrected chi connectivity index (χ4v) is 2.97. The highest BCUT2D eigenvalue weighted by atomic mass is 19.2. The number of nitrogens with zero attached hydrogens (tertiary/aromatic N) is 3. The van der Waals surface area contributed by atoms with E-state index >= 15 is 0 Å². The molecule has 4 aromatic rings. The Balaban J connectivity index is 1.74. The lowest BCUT2D eigenvalue weighted by Crippen LogP contribution is -2.07. The number of hydrazone groups is 1. The summed E-state index contributed by atoms with van der Waals surface area (Å²) in [7, 11) is 0. The van der Waals surface area contributed by atoms with Crippen molar-refractivity contribution in [3.63, 3.8) is 0 Å². The van der Waals surface area contributed by atoms with Crippen molar-refractivity contribution in [2.75, 3.05) is 5.43 Å². The van der Waals surface area contributed by atoms with E-state index in [1.807, 2.05) is 6.07 Å². The van der Waals surface area contributed by atoms with Crippen molar-refractivity contribution in [3.8, 4) is 28.3 Å². The van der Waals surface area contributed by atoms with Crippen LogP contribution in [-0.4, -0.2) is 21.3 Å². The van der Waals surface area contributed by atoms with Crippen LogP contribution in [0.1, 0.15) is 5.56 Å². The van der Waals surface area contributed by atoms with Gasteiger partial charge in [-0.15, -0.1) is 0 Å². The number of nitrogens with one attached hydrogen (secondary N) is 1. The molecular formula is C23H13F5N4O. The molecule has 166 valence electrons. The zero-order valence-corrected chi connectivity index (χ0v) is 16.5. The normalized spacial score (nSPS) is 11.2. The number of phenolic OH excluding ortho intramolecular Hbond substituents is 1. The van der Waals surface area contributed by atoms with Crippen LogP contribution in [0.25, 0.3) is 22.5 Å². The zero-order chi connectivity index (χ0) is 23.5. The third-order valence-electron chi connectivity index (χ3n) is 4.58. The minimum Gasteiger partial charge on any atom is -0.507 e. The molecule has 2 N–H and O–H groups in total. The second-order valence-corrected chi connectivity index (χ2v) is 6.70. The number of benzene rings is 3. The van der Waals surface area contributed by atoms with Crippen molar-refractivity contribution >= 4 is 12.2 Å². The minimum atomic E-state index is -2.26. The Morgan fingerprint density at radius 3 is 1.97 bits per heavy atom. The van der Waals surface area contributed by atoms with E-state index in [1.54, 1.807) is 48.5 Å². The zero-order valence-electron chi connectivity index (χ0n) is 16.5. The van der Waals surface area contributed by atoms with E-state index in [4.69, 9.17) is 0 Å². The van der Waals surface area contributed by atoms with Crippen molar-refractivity contribution < 1.29 is 27.1 Å². The monoisotopic (exact) mass is 456 g/mol. The topological polar surface area (TPSA) is 70.4 Å². The maximum absolute atomic E-state index is 13.8. The summed E-state index contributed by atoms with van der Waals surface area (Å²) >= 11 is 0. The van der Waals surface area contributed by atoms with Gasteiger partial charge in [-0.1, -0.05) is 42.5 Å². The summed E-state index contributed by atoms with van der Waals surface area (Å²) in [6.07, 6.45) is 0.439. The first-order valence-corrected chi connectivity index (χ1v) is 9.40. The maximum Gasteiger partial charge on any atom is 0.244 e. The highest BCUT2D eigenvalue weighted by Gasteiger charge is 2.24. The second kappa shape index (κ2) is 9.03. The third kappa shape index (κ3) is 4.36. The van der Waals surface area contributed by atoms with Gasteiger partial charge in [-0.3, -0.25) is 0 Å². The average molecular weight is 456 g/mol. The van der Waals surface area contributed by atoms with Crippen molar-refractivity contribution in [3.05, 3.63) is 95.3 Å². The number of aromatic nitrogens is 2. The molecule has 0 aliphatic rings. The average Bonchev–Trinajstić information content (AvgIpc) is 2.84. The molecule has 1 aromatic heterocycles. The Morgan fingerprint density at radius 2 is 1.30 bits per heavy atom. The standard InChI is InChI=1S/C23H13F5N4O/c24-18-14(19(25)21(27)22(28)20(18)26)11-29-32-23-30-15(12-6-2-1-3-7-12)10-16(31-23)13-8-4-5-9-17(13)33/h1-11,33H,(H,30,31,32)/b29-11+. The lowest BCUT2D eigenvalue weighted by molar-refractivity contribution is 0.377. The molecule has 0 aliphatic heterocycles.